The molecule has 3 rings (SSSR count). The van der Waals surface area contributed by atoms with Crippen LogP contribution in [0.4, 0.5) is 0 Å². The summed E-state index contributed by atoms with van der Waals surface area (Å²) in [4.78, 5) is 0. The number of ether oxygens (including phenoxy) is 1. The molecule has 1 aliphatic rings. The Kier molecular flexibility index (Phi) is 3.75. The molecule has 1 atom stereocenters. The number of sulfonamides is 1. The molecule has 0 amide bonds. The van der Waals surface area contributed by atoms with E-state index < -0.39 is 16.1 Å². The molecule has 2 aromatic rings. The number of aromatic nitrogens is 5. The van der Waals surface area contributed by atoms with Gasteiger partial charge in [0.25, 0.3) is 10.0 Å². The van der Waals surface area contributed by atoms with Crippen LogP contribution in [0.25, 0.3) is 0 Å². The molecule has 0 aliphatic carbocycles. The predicted molar refractivity (Wildman–Crippen MR) is 76.5 cm³/mol. The molecule has 1 saturated heterocycles. The zero-order valence-electron chi connectivity index (χ0n) is 12.6. The fourth-order valence-electron chi connectivity index (χ4n) is 2.79. The van der Waals surface area contributed by atoms with Crippen LogP contribution in [0, 0.1) is 13.8 Å². The van der Waals surface area contributed by atoms with E-state index in [1.54, 1.807) is 7.05 Å². The maximum Gasteiger partial charge on any atom is 0.262 e. The van der Waals surface area contributed by atoms with Gasteiger partial charge in [-0.2, -0.15) is 9.40 Å². The van der Waals surface area contributed by atoms with Crippen LogP contribution in [0.1, 0.15) is 23.0 Å². The number of rotatable bonds is 3. The summed E-state index contributed by atoms with van der Waals surface area (Å²) >= 11 is 0. The Labute approximate surface area is 128 Å². The molecule has 9 nitrogen and oxygen atoms in total. The lowest BCUT2D eigenvalue weighted by molar-refractivity contribution is 0.0314. The Bertz CT molecular complexity index is 761. The molecule has 0 aromatic carbocycles. The number of aryl methyl sites for hydroxylation is 3. The molecule has 3 heterocycles. The van der Waals surface area contributed by atoms with E-state index in [0.717, 1.165) is 17.0 Å². The van der Waals surface area contributed by atoms with Crippen LogP contribution in [0.3, 0.4) is 0 Å². The molecular weight excluding hydrogens is 308 g/mol. The summed E-state index contributed by atoms with van der Waals surface area (Å²) in [6, 6.07) is -0.410. The van der Waals surface area contributed by atoms with Crippen molar-refractivity contribution < 1.29 is 13.2 Å². The molecule has 0 spiro atoms. The first-order valence-electron chi connectivity index (χ1n) is 6.88. The number of hydrogen-bond acceptors (Lipinski definition) is 6. The van der Waals surface area contributed by atoms with Gasteiger partial charge in [-0.1, -0.05) is 5.21 Å². The van der Waals surface area contributed by atoms with E-state index in [9.17, 15) is 8.42 Å². The fourth-order valence-corrected chi connectivity index (χ4v) is 4.40. The van der Waals surface area contributed by atoms with Crippen LogP contribution < -0.4 is 0 Å². The van der Waals surface area contributed by atoms with Gasteiger partial charge in [0.2, 0.25) is 0 Å². The quantitative estimate of drug-likeness (QED) is 0.845. The van der Waals surface area contributed by atoms with Crippen LogP contribution in [-0.4, -0.2) is 57.7 Å². The average molecular weight is 326 g/mol. The summed E-state index contributed by atoms with van der Waals surface area (Å²) in [5.41, 5.74) is 2.48. The molecule has 10 heteroatoms. The zero-order chi connectivity index (χ0) is 15.9. The number of hydrogen-bond donors (Lipinski definition) is 1. The minimum absolute atomic E-state index is 0.0678. The normalized spacial score (nSPS) is 20.4. The fraction of sp³-hybridized carbons (Fsp3) is 0.583. The molecule has 0 saturated carbocycles. The second-order valence-corrected chi connectivity index (χ2v) is 7.09. The van der Waals surface area contributed by atoms with Crippen molar-refractivity contribution in [3.8, 4) is 0 Å². The molecule has 120 valence electrons. The Morgan fingerprint density at radius 3 is 2.77 bits per heavy atom. The lowest BCUT2D eigenvalue weighted by Gasteiger charge is -2.34. The third-order valence-electron chi connectivity index (χ3n) is 3.84. The van der Waals surface area contributed by atoms with Gasteiger partial charge >= 0.3 is 0 Å². The number of H-pyrrole nitrogens is 1. The monoisotopic (exact) mass is 326 g/mol. The third kappa shape index (κ3) is 2.32. The van der Waals surface area contributed by atoms with E-state index in [1.165, 1.54) is 15.2 Å². The van der Waals surface area contributed by atoms with Gasteiger partial charge in [0.1, 0.15) is 0 Å². The molecular formula is C12H18N6O3S. The molecule has 22 heavy (non-hydrogen) atoms. The molecule has 1 aliphatic heterocycles. The first kappa shape index (κ1) is 15.1. The van der Waals surface area contributed by atoms with Gasteiger partial charge < -0.3 is 4.74 Å². The second-order valence-electron chi connectivity index (χ2n) is 5.25. The predicted octanol–water partition coefficient (Wildman–Crippen LogP) is -0.0828. The second kappa shape index (κ2) is 5.45. The summed E-state index contributed by atoms with van der Waals surface area (Å²) in [7, 11) is -2.15. The smallest absolute Gasteiger partial charge is 0.262 e. The topological polar surface area (TPSA) is 106 Å². The van der Waals surface area contributed by atoms with E-state index >= 15 is 0 Å². The van der Waals surface area contributed by atoms with Gasteiger partial charge in [-0.3, -0.25) is 5.10 Å². The standard InChI is InChI=1S/C12H18N6O3S/c1-8-12(9(2)15-14-8)10-7-21-5-4-18(10)22(19,20)11-6-13-16-17(11)3/h6,10H,4-5,7H2,1-3H3,(H,14,15). The van der Waals surface area contributed by atoms with E-state index in [2.05, 4.69) is 20.5 Å². The van der Waals surface area contributed by atoms with Crippen molar-refractivity contribution in [1.82, 2.24) is 29.5 Å². The Morgan fingerprint density at radius 2 is 2.18 bits per heavy atom. The van der Waals surface area contributed by atoms with Crippen molar-refractivity contribution in [3.05, 3.63) is 23.1 Å². The third-order valence-corrected chi connectivity index (χ3v) is 5.80. The highest BCUT2D eigenvalue weighted by Gasteiger charge is 2.38. The lowest BCUT2D eigenvalue weighted by Crippen LogP contribution is -2.44. The zero-order valence-corrected chi connectivity index (χ0v) is 13.5. The van der Waals surface area contributed by atoms with Crippen LogP contribution in [-0.2, 0) is 21.8 Å². The van der Waals surface area contributed by atoms with E-state index in [1.807, 2.05) is 13.8 Å². The molecule has 1 fully saturated rings. The molecule has 2 aromatic heterocycles. The summed E-state index contributed by atoms with van der Waals surface area (Å²) in [5, 5.41) is 14.5. The van der Waals surface area contributed by atoms with Crippen LogP contribution in [0.2, 0.25) is 0 Å². The first-order valence-corrected chi connectivity index (χ1v) is 8.32. The van der Waals surface area contributed by atoms with Gasteiger partial charge in [0, 0.05) is 24.8 Å². The highest BCUT2D eigenvalue weighted by atomic mass is 32.2. The van der Waals surface area contributed by atoms with Crippen LogP contribution in [0.5, 0.6) is 0 Å². The maximum absolute atomic E-state index is 12.9. The minimum atomic E-state index is -3.71. The van der Waals surface area contributed by atoms with Gasteiger partial charge in [-0.15, -0.1) is 5.10 Å². The van der Waals surface area contributed by atoms with Crippen molar-refractivity contribution in [3.63, 3.8) is 0 Å². The summed E-state index contributed by atoms with van der Waals surface area (Å²) in [5.74, 6) is 0. The first-order chi connectivity index (χ1) is 10.4. The highest BCUT2D eigenvalue weighted by Crippen LogP contribution is 2.32. The Hall–Kier alpha value is -1.78. The number of morpholine rings is 1. The molecule has 1 N–H and O–H groups in total. The Morgan fingerprint density at radius 1 is 1.41 bits per heavy atom. The van der Waals surface area contributed by atoms with E-state index in [-0.39, 0.29) is 11.6 Å². The highest BCUT2D eigenvalue weighted by molar-refractivity contribution is 7.89. The molecule has 1 unspecified atom stereocenters. The average Bonchev–Trinajstić information content (AvgIpc) is 3.05. The minimum Gasteiger partial charge on any atom is -0.378 e. The van der Waals surface area contributed by atoms with Crippen molar-refractivity contribution in [2.45, 2.75) is 24.9 Å². The summed E-state index contributed by atoms with van der Waals surface area (Å²) in [6.45, 7) is 4.66. The number of nitrogens with zero attached hydrogens (tertiary/aromatic N) is 5. The van der Waals surface area contributed by atoms with E-state index in [0.29, 0.717) is 13.2 Å². The maximum atomic E-state index is 12.9. The summed E-state index contributed by atoms with van der Waals surface area (Å²) < 4.78 is 34.1. The largest absolute Gasteiger partial charge is 0.378 e. The van der Waals surface area contributed by atoms with Crippen LogP contribution >= 0.6 is 0 Å². The van der Waals surface area contributed by atoms with Crippen molar-refractivity contribution in [1.29, 1.82) is 0 Å². The number of nitrogens with one attached hydrogen (secondary N) is 1. The van der Waals surface area contributed by atoms with Gasteiger partial charge in [0.05, 0.1) is 31.1 Å². The van der Waals surface area contributed by atoms with Crippen molar-refractivity contribution >= 4 is 10.0 Å². The van der Waals surface area contributed by atoms with Crippen molar-refractivity contribution in [2.75, 3.05) is 19.8 Å². The molecule has 0 bridgehead atoms. The van der Waals surface area contributed by atoms with Crippen LogP contribution in [0.15, 0.2) is 11.2 Å². The summed E-state index contributed by atoms with van der Waals surface area (Å²) in [6.07, 6.45) is 1.26. The van der Waals surface area contributed by atoms with E-state index in [4.69, 9.17) is 4.74 Å². The molecule has 0 radical (unpaired) electrons. The van der Waals surface area contributed by atoms with Gasteiger partial charge in [-0.25, -0.2) is 13.1 Å². The van der Waals surface area contributed by atoms with Gasteiger partial charge in [-0.05, 0) is 13.8 Å². The Balaban J connectivity index is 2.06. The number of aromatic amines is 1. The lowest BCUT2D eigenvalue weighted by atomic mass is 10.1. The SMILES string of the molecule is Cc1n[nH]c(C)c1C1COCCN1S(=O)(=O)c1cnnn1C. The van der Waals surface area contributed by atoms with Crippen molar-refractivity contribution in [2.24, 2.45) is 7.05 Å². The van der Waals surface area contributed by atoms with Gasteiger partial charge in [0.15, 0.2) is 5.03 Å².